The van der Waals surface area contributed by atoms with E-state index in [1.807, 2.05) is 41.5 Å². The van der Waals surface area contributed by atoms with Crippen molar-refractivity contribution in [2.24, 2.45) is 35.5 Å². The van der Waals surface area contributed by atoms with E-state index in [0.29, 0.717) is 0 Å². The van der Waals surface area contributed by atoms with Crippen molar-refractivity contribution in [3.8, 4) is 0 Å². The van der Waals surface area contributed by atoms with Gasteiger partial charge in [-0.15, -0.1) is 0 Å². The topological polar surface area (TPSA) is 317 Å². The van der Waals surface area contributed by atoms with E-state index in [4.69, 9.17) is 4.74 Å². The molecule has 3 unspecified atom stereocenters. The number of hydrogen-bond acceptors (Lipinski definition) is 14. The predicted octanol–water partition coefficient (Wildman–Crippen LogP) is 1.81. The molecule has 2 bridgehead atoms. The van der Waals surface area contributed by atoms with E-state index in [-0.39, 0.29) is 56.3 Å². The van der Waals surface area contributed by atoms with Crippen molar-refractivity contribution in [2.45, 2.75) is 215 Å². The van der Waals surface area contributed by atoms with Crippen molar-refractivity contribution in [3.63, 3.8) is 0 Å². The number of rotatable bonds is 17. The Labute approximate surface area is 528 Å². The summed E-state index contributed by atoms with van der Waals surface area (Å²) in [6, 6.07) is -13.9. The number of fused-ring (bicyclic) bond motifs is 2. The van der Waals surface area contributed by atoms with Crippen LogP contribution in [0, 0.1) is 35.5 Å². The van der Waals surface area contributed by atoms with Gasteiger partial charge in [0.05, 0.1) is 19.3 Å². The molecule has 2 rings (SSSR count). The smallest absolute Gasteiger partial charge is 0.329 e. The molecule has 0 aromatic heterocycles. The lowest BCUT2D eigenvalue weighted by atomic mass is 9.91. The summed E-state index contributed by atoms with van der Waals surface area (Å²) in [4.78, 5) is 183. The second-order valence-electron chi connectivity index (χ2n) is 26.5. The van der Waals surface area contributed by atoms with Gasteiger partial charge in [-0.1, -0.05) is 95.2 Å². The highest BCUT2D eigenvalue weighted by Gasteiger charge is 2.50. The van der Waals surface area contributed by atoms with E-state index in [0.717, 1.165) is 14.7 Å². The van der Waals surface area contributed by atoms with Gasteiger partial charge in [-0.05, 0) is 94.8 Å². The fourth-order valence-electron chi connectivity index (χ4n) is 11.7. The standard InChI is InChI=1S/C63H109N11O15/c1-23-25-26-39(13)53(78)52-56(81)65-42(24-2)57(82)67(16)31-48(75)68(17)47-30-40(14)74(61(47)86)51(38(11)12)63(88)69(18)44(27-34(3)4)55(80)64-41(15)54(79)66-43(32-89-33-49(76)77)58(83)70(19)45(28-35(5)6)59(84)71(20)46(29-36(7)8)60(85)72(21)50(37(9)10)62(87)73(52)22/h23,25,34-47,50-53,78H,24,26-33H2,1-22H3,(H,64,80)(H,65,81)(H,66,79)(H,76,77)/b25-23+/t39?,40?,41-,42-,43+,44-,45-,46-,47-,50-,51-,52?,53-/m0/s1. The maximum absolute atomic E-state index is 15.2. The number of carbonyl (C=O) groups is 12. The van der Waals surface area contributed by atoms with Crippen LogP contribution in [0.2, 0.25) is 0 Å². The minimum Gasteiger partial charge on any atom is -0.480 e. The first-order valence-electron chi connectivity index (χ1n) is 31.4. The van der Waals surface area contributed by atoms with E-state index >= 15 is 14.4 Å². The Balaban J connectivity index is 3.04. The van der Waals surface area contributed by atoms with Gasteiger partial charge < -0.3 is 70.1 Å². The Bertz CT molecular complexity index is 2520. The minimum atomic E-state index is -1.64. The van der Waals surface area contributed by atoms with Crippen LogP contribution in [-0.2, 0) is 62.3 Å². The molecule has 2 heterocycles. The monoisotopic (exact) mass is 1260 g/mol. The zero-order chi connectivity index (χ0) is 68.5. The molecule has 26 heteroatoms. The van der Waals surface area contributed by atoms with Crippen molar-refractivity contribution in [2.75, 3.05) is 69.1 Å². The Morgan fingerprint density at radius 3 is 1.51 bits per heavy atom. The maximum Gasteiger partial charge on any atom is 0.329 e. The van der Waals surface area contributed by atoms with Crippen molar-refractivity contribution in [1.82, 2.24) is 55.1 Å². The van der Waals surface area contributed by atoms with Gasteiger partial charge in [0.2, 0.25) is 65.0 Å². The third kappa shape index (κ3) is 20.7. The third-order valence-electron chi connectivity index (χ3n) is 17.0. The van der Waals surface area contributed by atoms with Gasteiger partial charge in [-0.3, -0.25) is 52.7 Å². The number of aliphatic hydroxyl groups excluding tert-OH is 1. The molecule has 0 aliphatic carbocycles. The predicted molar refractivity (Wildman–Crippen MR) is 335 cm³/mol. The van der Waals surface area contributed by atoms with Crippen molar-refractivity contribution < 1.29 is 72.5 Å². The number of nitrogens with zero attached hydrogens (tertiary/aromatic N) is 8. The van der Waals surface area contributed by atoms with Gasteiger partial charge in [0.25, 0.3) is 0 Å². The first-order chi connectivity index (χ1) is 41.2. The number of allylic oxidation sites excluding steroid dienone is 2. The first kappa shape index (κ1) is 78.4. The maximum atomic E-state index is 15.2. The lowest BCUT2D eigenvalue weighted by Gasteiger charge is -2.41. The van der Waals surface area contributed by atoms with E-state index in [9.17, 15) is 53.4 Å². The summed E-state index contributed by atoms with van der Waals surface area (Å²) >= 11 is 0. The zero-order valence-corrected chi connectivity index (χ0v) is 57.2. The van der Waals surface area contributed by atoms with Crippen LogP contribution in [0.5, 0.6) is 0 Å². The molecule has 0 spiro atoms. The number of likely N-dealkylation sites (N-methyl/N-ethyl adjacent to an activating group) is 7. The molecule has 0 aromatic rings. The number of carboxylic acids is 1. The average Bonchev–Trinajstić information content (AvgIpc) is 1.77. The number of aliphatic hydroxyl groups is 1. The fraction of sp³-hybridized carbons (Fsp3) is 0.778. The molecule has 26 nitrogen and oxygen atoms in total. The van der Waals surface area contributed by atoms with E-state index in [1.54, 1.807) is 67.5 Å². The molecule has 0 saturated carbocycles. The molecule has 506 valence electrons. The van der Waals surface area contributed by atoms with E-state index < -0.39 is 181 Å². The average molecular weight is 1260 g/mol. The number of ether oxygens (including phenoxy) is 1. The van der Waals surface area contributed by atoms with Gasteiger partial charge >= 0.3 is 5.97 Å². The highest BCUT2D eigenvalue weighted by Crippen LogP contribution is 2.31. The summed E-state index contributed by atoms with van der Waals surface area (Å²) < 4.78 is 5.38. The van der Waals surface area contributed by atoms with Crippen molar-refractivity contribution >= 4 is 70.9 Å². The largest absolute Gasteiger partial charge is 0.480 e. The highest BCUT2D eigenvalue weighted by atomic mass is 16.5. The van der Waals surface area contributed by atoms with Crippen LogP contribution in [0.15, 0.2) is 12.2 Å². The number of hydrogen-bond donors (Lipinski definition) is 5. The molecule has 5 N–H and O–H groups in total. The van der Waals surface area contributed by atoms with E-state index in [1.165, 1.54) is 80.8 Å². The molecule has 2 fully saturated rings. The number of amides is 11. The highest BCUT2D eigenvalue weighted by molar-refractivity contribution is 6.00. The summed E-state index contributed by atoms with van der Waals surface area (Å²) in [5, 5.41) is 29.6. The van der Waals surface area contributed by atoms with Crippen LogP contribution in [0.1, 0.15) is 142 Å². The molecule has 89 heavy (non-hydrogen) atoms. The summed E-state index contributed by atoms with van der Waals surface area (Å²) in [5.41, 5.74) is 0. The molecular weight excluding hydrogens is 1150 g/mol. The summed E-state index contributed by atoms with van der Waals surface area (Å²) in [6.07, 6.45) is 2.63. The molecule has 2 aliphatic rings. The lowest BCUT2D eigenvalue weighted by molar-refractivity contribution is -0.157. The number of carboxylic acid groups (broad SMARTS) is 1. The molecule has 0 aromatic carbocycles. The molecule has 11 amide bonds. The summed E-state index contributed by atoms with van der Waals surface area (Å²) in [5.74, 6) is -11.9. The SMILES string of the molecule is C/C=C/CC(C)[C@H](O)C1C(=O)N[C@@H](CC)C(=O)N(C)CC(=O)N(C)[C@H]2CC(C)N(C2=O)[C@@H](C(C)C)C(=O)N(C)[C@@H](CC(C)C)C(=O)N[C@@H](C)C(=O)N[C@H](COCC(=O)O)C(=O)N(C)[C@@H](CC(C)C)C(=O)N(C)[C@@H](CC(C)C)C(=O)N(C)[C@@H](C(C)C)C(=O)N1C. The zero-order valence-electron chi connectivity index (χ0n) is 57.2. The van der Waals surface area contributed by atoms with Crippen LogP contribution < -0.4 is 16.0 Å². The molecule has 2 aliphatic heterocycles. The second kappa shape index (κ2) is 35.0. The quantitative estimate of drug-likeness (QED) is 0.130. The molecule has 2 saturated heterocycles. The van der Waals surface area contributed by atoms with E-state index in [2.05, 4.69) is 16.0 Å². The van der Waals surface area contributed by atoms with Crippen molar-refractivity contribution in [1.29, 1.82) is 0 Å². The second-order valence-corrected chi connectivity index (χ2v) is 26.5. The van der Waals surface area contributed by atoms with Gasteiger partial charge in [0, 0.05) is 55.4 Å². The number of carbonyl (C=O) groups excluding carboxylic acids is 11. The number of nitrogens with one attached hydrogen (secondary N) is 3. The van der Waals surface area contributed by atoms with Crippen LogP contribution in [0.3, 0.4) is 0 Å². The Morgan fingerprint density at radius 2 is 1.02 bits per heavy atom. The first-order valence-corrected chi connectivity index (χ1v) is 31.4. The Morgan fingerprint density at radius 1 is 0.562 bits per heavy atom. The Hall–Kier alpha value is -6.70. The van der Waals surface area contributed by atoms with Crippen LogP contribution in [-0.4, -0.2) is 262 Å². The summed E-state index contributed by atoms with van der Waals surface area (Å²) in [7, 11) is 9.64. The third-order valence-corrected chi connectivity index (χ3v) is 17.0. The normalized spacial score (nSPS) is 27.6. The van der Waals surface area contributed by atoms with Gasteiger partial charge in [-0.2, -0.15) is 0 Å². The van der Waals surface area contributed by atoms with Crippen LogP contribution in [0.25, 0.3) is 0 Å². The minimum absolute atomic E-state index is 0.00697. The van der Waals surface area contributed by atoms with Crippen LogP contribution >= 0.6 is 0 Å². The Kier molecular flexibility index (Phi) is 30.9. The molecule has 13 atom stereocenters. The van der Waals surface area contributed by atoms with Gasteiger partial charge in [-0.25, -0.2) is 4.79 Å². The van der Waals surface area contributed by atoms with Crippen molar-refractivity contribution in [3.05, 3.63) is 12.2 Å². The molecular formula is C63H109N11O15. The van der Waals surface area contributed by atoms with Gasteiger partial charge in [0.1, 0.15) is 67.0 Å². The van der Waals surface area contributed by atoms with Gasteiger partial charge in [0.15, 0.2) is 0 Å². The summed E-state index contributed by atoms with van der Waals surface area (Å²) in [6.45, 7) is 23.9. The lowest BCUT2D eigenvalue weighted by Crippen LogP contribution is -2.63. The molecule has 0 radical (unpaired) electrons. The van der Waals surface area contributed by atoms with Crippen LogP contribution in [0.4, 0.5) is 0 Å². The fourth-order valence-corrected chi connectivity index (χ4v) is 11.7. The number of aliphatic carboxylic acids is 1.